The molecule has 1 aliphatic heterocycles. The number of hydrazone groups is 1. The molecule has 0 unspecified atom stereocenters. The second-order valence-electron chi connectivity index (χ2n) is 2.55. The van der Waals surface area contributed by atoms with Crippen molar-refractivity contribution in [3.63, 3.8) is 0 Å². The van der Waals surface area contributed by atoms with Gasteiger partial charge in [0.2, 0.25) is 6.41 Å². The summed E-state index contributed by atoms with van der Waals surface area (Å²) in [5, 5.41) is 3.67. The van der Waals surface area contributed by atoms with E-state index in [1.54, 1.807) is 11.2 Å². The lowest BCUT2D eigenvalue weighted by molar-refractivity contribution is -0.119. The summed E-state index contributed by atoms with van der Waals surface area (Å²) in [6.07, 6.45) is 2.51. The van der Waals surface area contributed by atoms with Gasteiger partial charge in [0.25, 0.3) is 0 Å². The smallest absolute Gasteiger partial charge is 0.209 e. The van der Waals surface area contributed by atoms with Crippen molar-refractivity contribution >= 4 is 12.7 Å². The van der Waals surface area contributed by atoms with E-state index in [1.165, 1.54) is 0 Å². The Kier molecular flexibility index (Phi) is 3.34. The van der Waals surface area contributed by atoms with Crippen LogP contribution in [0.5, 0.6) is 0 Å². The number of hydrazine groups is 1. The Hall–Kier alpha value is -1.30. The number of piperazine rings is 1. The second kappa shape index (κ2) is 4.55. The molecule has 1 heterocycles. The van der Waals surface area contributed by atoms with Crippen LogP contribution in [-0.4, -0.2) is 48.7 Å². The molecule has 68 valence electrons. The number of hydrogen-bond donors (Lipinski definition) is 2. The molecule has 0 aromatic heterocycles. The average molecular weight is 171 g/mol. The number of carbonyl (C=O) groups excluding carboxylic acids is 1. The van der Waals surface area contributed by atoms with E-state index in [2.05, 4.69) is 10.6 Å². The van der Waals surface area contributed by atoms with Gasteiger partial charge in [0.15, 0.2) is 0 Å². The van der Waals surface area contributed by atoms with Gasteiger partial charge in [-0.05, 0) is 0 Å². The molecule has 0 aromatic rings. The number of nitrogens with zero attached hydrogens (tertiary/aromatic N) is 3. The zero-order valence-electron chi connectivity index (χ0n) is 6.81. The molecule has 0 aromatic carbocycles. The molecule has 0 saturated carbocycles. The van der Waals surface area contributed by atoms with Crippen LogP contribution < -0.4 is 11.4 Å². The molecule has 0 bridgehead atoms. The van der Waals surface area contributed by atoms with Crippen LogP contribution in [0.3, 0.4) is 0 Å². The van der Waals surface area contributed by atoms with Gasteiger partial charge >= 0.3 is 0 Å². The zero-order chi connectivity index (χ0) is 8.81. The second-order valence-corrected chi connectivity index (χ2v) is 2.55. The number of nitrogens with two attached hydrogens (primary N) is 1. The quantitative estimate of drug-likeness (QED) is 0.172. The summed E-state index contributed by atoms with van der Waals surface area (Å²) in [6.45, 7) is 3.12. The fourth-order valence-electron chi connectivity index (χ4n) is 1.07. The minimum Gasteiger partial charge on any atom is -0.358 e. The summed E-state index contributed by atoms with van der Waals surface area (Å²) in [5.41, 5.74) is 2.18. The Morgan fingerprint density at radius 1 is 1.25 bits per heavy atom. The third-order valence-electron chi connectivity index (χ3n) is 1.79. The highest BCUT2D eigenvalue weighted by Gasteiger charge is 2.11. The van der Waals surface area contributed by atoms with Crippen molar-refractivity contribution in [2.45, 2.75) is 0 Å². The maximum atomic E-state index is 10.3. The Labute approximate surface area is 71.0 Å². The van der Waals surface area contributed by atoms with Gasteiger partial charge in [-0.2, -0.15) is 5.10 Å². The van der Waals surface area contributed by atoms with Gasteiger partial charge in [-0.3, -0.25) is 4.79 Å². The molecule has 1 fully saturated rings. The minimum absolute atomic E-state index is 0.750. The van der Waals surface area contributed by atoms with E-state index in [4.69, 9.17) is 5.84 Å². The summed E-state index contributed by atoms with van der Waals surface area (Å²) >= 11 is 0. The van der Waals surface area contributed by atoms with E-state index in [1.807, 2.05) is 4.90 Å². The monoisotopic (exact) mass is 171 g/mol. The molecular weight excluding hydrogens is 158 g/mol. The van der Waals surface area contributed by atoms with Gasteiger partial charge in [0.1, 0.15) is 6.34 Å². The number of amides is 1. The number of rotatable bonds is 3. The van der Waals surface area contributed by atoms with Crippen molar-refractivity contribution in [2.24, 2.45) is 10.9 Å². The van der Waals surface area contributed by atoms with Crippen LogP contribution in [0.4, 0.5) is 0 Å². The lowest BCUT2D eigenvalue weighted by Gasteiger charge is -2.30. The summed E-state index contributed by atoms with van der Waals surface area (Å²) in [6, 6.07) is 0. The molecule has 0 aliphatic carbocycles. The summed E-state index contributed by atoms with van der Waals surface area (Å²) in [4.78, 5) is 14.1. The van der Waals surface area contributed by atoms with Crippen LogP contribution >= 0.6 is 0 Å². The Morgan fingerprint density at radius 3 is 2.33 bits per heavy atom. The van der Waals surface area contributed by atoms with Gasteiger partial charge in [-0.15, -0.1) is 0 Å². The molecule has 0 radical (unpaired) electrons. The highest BCUT2D eigenvalue weighted by atomic mass is 16.1. The predicted molar refractivity (Wildman–Crippen MR) is 45.0 cm³/mol. The first-order chi connectivity index (χ1) is 5.86. The topological polar surface area (TPSA) is 74.0 Å². The third kappa shape index (κ3) is 2.39. The summed E-state index contributed by atoms with van der Waals surface area (Å²) in [5.74, 6) is 4.96. The molecule has 1 saturated heterocycles. The molecular formula is C6H13N5O. The van der Waals surface area contributed by atoms with Crippen LogP contribution in [0.15, 0.2) is 5.10 Å². The zero-order valence-corrected chi connectivity index (χ0v) is 6.81. The van der Waals surface area contributed by atoms with E-state index in [0.717, 1.165) is 32.6 Å². The van der Waals surface area contributed by atoms with Crippen LogP contribution in [0.25, 0.3) is 0 Å². The molecule has 1 amide bonds. The SMILES string of the molecule is NNN=CN1CCN(C=O)CC1. The molecule has 1 rings (SSSR count). The standard InChI is InChI=1S/C6H13N5O/c7-9-8-5-10-1-3-11(6-12)4-2-10/h5-6,9H,1-4,7H2. The first-order valence-corrected chi connectivity index (χ1v) is 3.79. The number of nitrogens with one attached hydrogen (secondary N) is 1. The van der Waals surface area contributed by atoms with E-state index in [-0.39, 0.29) is 0 Å². The highest BCUT2D eigenvalue weighted by Crippen LogP contribution is 1.95. The first kappa shape index (κ1) is 8.79. The van der Waals surface area contributed by atoms with Gasteiger partial charge in [-0.25, -0.2) is 11.4 Å². The van der Waals surface area contributed by atoms with Crippen molar-refractivity contribution < 1.29 is 4.79 Å². The van der Waals surface area contributed by atoms with E-state index >= 15 is 0 Å². The first-order valence-electron chi connectivity index (χ1n) is 3.79. The molecule has 6 nitrogen and oxygen atoms in total. The maximum absolute atomic E-state index is 10.3. The molecule has 1 aliphatic rings. The van der Waals surface area contributed by atoms with E-state index < -0.39 is 0 Å². The van der Waals surface area contributed by atoms with Crippen molar-refractivity contribution in [1.29, 1.82) is 0 Å². The van der Waals surface area contributed by atoms with Crippen LogP contribution in [-0.2, 0) is 4.79 Å². The third-order valence-corrected chi connectivity index (χ3v) is 1.79. The normalized spacial score (nSPS) is 18.4. The molecule has 0 spiro atoms. The number of hydrogen-bond acceptors (Lipinski definition) is 4. The Morgan fingerprint density at radius 2 is 1.83 bits per heavy atom. The van der Waals surface area contributed by atoms with Crippen molar-refractivity contribution in [2.75, 3.05) is 26.2 Å². The fraction of sp³-hybridized carbons (Fsp3) is 0.667. The lowest BCUT2D eigenvalue weighted by Crippen LogP contribution is -2.45. The van der Waals surface area contributed by atoms with Crippen LogP contribution in [0, 0.1) is 0 Å². The minimum atomic E-state index is 0.750. The Bertz CT molecular complexity index is 163. The van der Waals surface area contributed by atoms with Gasteiger partial charge in [0.05, 0.1) is 0 Å². The van der Waals surface area contributed by atoms with Crippen LogP contribution in [0.2, 0.25) is 0 Å². The van der Waals surface area contributed by atoms with Gasteiger partial charge in [-0.1, -0.05) is 0 Å². The van der Waals surface area contributed by atoms with Gasteiger partial charge in [0, 0.05) is 26.2 Å². The van der Waals surface area contributed by atoms with Crippen LogP contribution in [0.1, 0.15) is 0 Å². The van der Waals surface area contributed by atoms with Crippen molar-refractivity contribution in [1.82, 2.24) is 15.3 Å². The van der Waals surface area contributed by atoms with Crippen molar-refractivity contribution in [3.05, 3.63) is 0 Å². The van der Waals surface area contributed by atoms with E-state index in [9.17, 15) is 4.79 Å². The molecule has 0 atom stereocenters. The number of carbonyl (C=O) groups is 1. The van der Waals surface area contributed by atoms with E-state index in [0.29, 0.717) is 0 Å². The molecule has 3 N–H and O–H groups in total. The van der Waals surface area contributed by atoms with Gasteiger partial charge < -0.3 is 9.80 Å². The summed E-state index contributed by atoms with van der Waals surface area (Å²) < 4.78 is 0. The molecule has 6 heteroatoms. The van der Waals surface area contributed by atoms with Crippen molar-refractivity contribution in [3.8, 4) is 0 Å². The highest BCUT2D eigenvalue weighted by molar-refractivity contribution is 5.55. The largest absolute Gasteiger partial charge is 0.358 e. The molecule has 12 heavy (non-hydrogen) atoms. The summed E-state index contributed by atoms with van der Waals surface area (Å²) in [7, 11) is 0. The Balaban J connectivity index is 2.26. The maximum Gasteiger partial charge on any atom is 0.209 e. The predicted octanol–water partition coefficient (Wildman–Crippen LogP) is -1.83. The fourth-order valence-corrected chi connectivity index (χ4v) is 1.07. The lowest BCUT2D eigenvalue weighted by atomic mass is 10.3. The average Bonchev–Trinajstić information content (AvgIpc) is 2.15.